The maximum atomic E-state index is 12.8. The Morgan fingerprint density at radius 2 is 1.61 bits per heavy atom. The largest absolute Gasteiger partial charge is 0.298 e. The van der Waals surface area contributed by atoms with Gasteiger partial charge in [-0.3, -0.25) is 15.0 Å². The highest BCUT2D eigenvalue weighted by atomic mass is 32.2. The van der Waals surface area contributed by atoms with Crippen LogP contribution in [0.5, 0.6) is 0 Å². The van der Waals surface area contributed by atoms with Gasteiger partial charge in [0.1, 0.15) is 0 Å². The number of nitrogens with zero attached hydrogens (tertiary/aromatic N) is 3. The zero-order chi connectivity index (χ0) is 20.1. The van der Waals surface area contributed by atoms with Crippen molar-refractivity contribution in [2.45, 2.75) is 30.7 Å². The molecule has 0 radical (unpaired) electrons. The molecule has 2 aromatic carbocycles. The molecule has 0 aromatic heterocycles. The van der Waals surface area contributed by atoms with Gasteiger partial charge in [-0.25, -0.2) is 8.42 Å². The minimum atomic E-state index is -3.62. The number of rotatable bonds is 7. The van der Waals surface area contributed by atoms with Gasteiger partial charge in [-0.15, -0.1) is 0 Å². The van der Waals surface area contributed by atoms with Crippen molar-refractivity contribution in [2.24, 2.45) is 0 Å². The van der Waals surface area contributed by atoms with E-state index in [1.165, 1.54) is 34.1 Å². The number of hydrogen-bond acceptors (Lipinski definition) is 5. The lowest BCUT2D eigenvalue weighted by Crippen LogP contribution is -2.51. The van der Waals surface area contributed by atoms with Crippen molar-refractivity contribution in [3.63, 3.8) is 0 Å². The molecule has 1 saturated heterocycles. The van der Waals surface area contributed by atoms with Crippen LogP contribution in [0.1, 0.15) is 18.9 Å². The maximum Gasteiger partial charge on any atom is 0.269 e. The summed E-state index contributed by atoms with van der Waals surface area (Å²) in [5.74, 6) is 0. The molecule has 1 aliphatic rings. The van der Waals surface area contributed by atoms with Gasteiger partial charge in [0.2, 0.25) is 10.0 Å². The third-order valence-electron chi connectivity index (χ3n) is 5.28. The highest BCUT2D eigenvalue weighted by Gasteiger charge is 2.30. The van der Waals surface area contributed by atoms with Gasteiger partial charge in [-0.05, 0) is 37.5 Å². The predicted octanol–water partition coefficient (Wildman–Crippen LogP) is 2.92. The molecule has 0 amide bonds. The molecule has 1 unspecified atom stereocenters. The Morgan fingerprint density at radius 1 is 1.00 bits per heavy atom. The maximum absolute atomic E-state index is 12.8. The van der Waals surface area contributed by atoms with Crippen LogP contribution in [0.15, 0.2) is 59.5 Å². The summed E-state index contributed by atoms with van der Waals surface area (Å²) in [5.41, 5.74) is 1.20. The standard InChI is InChI=1S/C20H25N3O4S/c1-17(7-8-18-5-3-2-4-6-18)21-13-15-22(16-14-21)28(26,27)20-11-9-19(10-12-20)23(24)25/h2-6,9-12,17H,7-8,13-16H2,1H3. The lowest BCUT2D eigenvalue weighted by molar-refractivity contribution is -0.384. The third kappa shape index (κ3) is 4.76. The van der Waals surface area contributed by atoms with Gasteiger partial charge in [0.05, 0.1) is 9.82 Å². The van der Waals surface area contributed by atoms with E-state index in [4.69, 9.17) is 0 Å². The van der Waals surface area contributed by atoms with Crippen LogP contribution in [0.25, 0.3) is 0 Å². The fourth-order valence-corrected chi connectivity index (χ4v) is 4.90. The third-order valence-corrected chi connectivity index (χ3v) is 7.19. The molecule has 7 nitrogen and oxygen atoms in total. The number of non-ortho nitro benzene ring substituents is 1. The molecule has 1 aliphatic heterocycles. The van der Waals surface area contributed by atoms with E-state index in [9.17, 15) is 18.5 Å². The smallest absolute Gasteiger partial charge is 0.269 e. The van der Waals surface area contributed by atoms with Crippen LogP contribution >= 0.6 is 0 Å². The molecule has 28 heavy (non-hydrogen) atoms. The van der Waals surface area contributed by atoms with E-state index < -0.39 is 14.9 Å². The molecule has 3 rings (SSSR count). The number of piperazine rings is 1. The summed E-state index contributed by atoms with van der Waals surface area (Å²) in [6, 6.07) is 15.8. The van der Waals surface area contributed by atoms with Crippen LogP contribution in [0.4, 0.5) is 5.69 Å². The number of aryl methyl sites for hydroxylation is 1. The normalized spacial score (nSPS) is 17.3. The Morgan fingerprint density at radius 3 is 2.18 bits per heavy atom. The average Bonchev–Trinajstić information content (AvgIpc) is 2.73. The molecule has 1 atom stereocenters. The molecule has 0 N–H and O–H groups in total. The first-order valence-corrected chi connectivity index (χ1v) is 10.8. The van der Waals surface area contributed by atoms with Gasteiger partial charge in [-0.1, -0.05) is 30.3 Å². The molecule has 8 heteroatoms. The number of nitro benzene ring substituents is 1. The van der Waals surface area contributed by atoms with Crippen molar-refractivity contribution < 1.29 is 13.3 Å². The topological polar surface area (TPSA) is 83.8 Å². The fourth-order valence-electron chi connectivity index (χ4n) is 3.48. The van der Waals surface area contributed by atoms with Gasteiger partial charge >= 0.3 is 0 Å². The molecule has 0 aliphatic carbocycles. The van der Waals surface area contributed by atoms with Crippen molar-refractivity contribution >= 4 is 15.7 Å². The molecule has 1 fully saturated rings. The summed E-state index contributed by atoms with van der Waals surface area (Å²) < 4.78 is 27.1. The molecule has 0 saturated carbocycles. The second kappa shape index (κ2) is 8.81. The fraction of sp³-hybridized carbons (Fsp3) is 0.400. The van der Waals surface area contributed by atoms with Crippen molar-refractivity contribution in [1.82, 2.24) is 9.21 Å². The van der Waals surface area contributed by atoms with E-state index in [2.05, 4.69) is 24.0 Å². The number of benzene rings is 2. The Hall–Kier alpha value is -2.29. The summed E-state index contributed by atoms with van der Waals surface area (Å²) >= 11 is 0. The highest BCUT2D eigenvalue weighted by molar-refractivity contribution is 7.89. The van der Waals surface area contributed by atoms with Crippen LogP contribution in [0.3, 0.4) is 0 Å². The lowest BCUT2D eigenvalue weighted by atomic mass is 10.0. The summed E-state index contributed by atoms with van der Waals surface area (Å²) in [6.07, 6.45) is 2.03. The van der Waals surface area contributed by atoms with Gasteiger partial charge in [0.15, 0.2) is 0 Å². The minimum absolute atomic E-state index is 0.101. The van der Waals surface area contributed by atoms with E-state index in [1.54, 1.807) is 0 Å². The monoisotopic (exact) mass is 403 g/mol. The molecule has 1 heterocycles. The minimum Gasteiger partial charge on any atom is -0.298 e. The van der Waals surface area contributed by atoms with Gasteiger partial charge in [0.25, 0.3) is 5.69 Å². The Bertz CT molecular complexity index is 893. The molecular formula is C20H25N3O4S. The van der Waals surface area contributed by atoms with E-state index in [-0.39, 0.29) is 10.6 Å². The Balaban J connectivity index is 1.55. The zero-order valence-electron chi connectivity index (χ0n) is 15.9. The summed E-state index contributed by atoms with van der Waals surface area (Å²) in [4.78, 5) is 12.6. The summed E-state index contributed by atoms with van der Waals surface area (Å²) in [5, 5.41) is 10.7. The molecule has 150 valence electrons. The Labute approximate surface area is 165 Å². The second-order valence-corrected chi connectivity index (χ2v) is 9.00. The second-order valence-electron chi connectivity index (χ2n) is 7.06. The average molecular weight is 404 g/mol. The van der Waals surface area contributed by atoms with Gasteiger partial charge < -0.3 is 0 Å². The summed E-state index contributed by atoms with van der Waals surface area (Å²) in [7, 11) is -3.62. The van der Waals surface area contributed by atoms with Crippen LogP contribution < -0.4 is 0 Å². The molecule has 0 bridgehead atoms. The Kier molecular flexibility index (Phi) is 6.43. The van der Waals surface area contributed by atoms with Crippen LogP contribution in [-0.4, -0.2) is 54.8 Å². The van der Waals surface area contributed by atoms with Crippen molar-refractivity contribution in [2.75, 3.05) is 26.2 Å². The molecular weight excluding hydrogens is 378 g/mol. The first-order chi connectivity index (χ1) is 13.4. The number of nitro groups is 1. The highest BCUT2D eigenvalue weighted by Crippen LogP contribution is 2.22. The first kappa shape index (κ1) is 20.4. The van der Waals surface area contributed by atoms with Crippen molar-refractivity contribution in [3.05, 3.63) is 70.3 Å². The van der Waals surface area contributed by atoms with Gasteiger partial charge in [0, 0.05) is 44.4 Å². The SMILES string of the molecule is CC(CCc1ccccc1)N1CCN(S(=O)(=O)c2ccc([N+](=O)[O-])cc2)CC1. The van der Waals surface area contributed by atoms with Crippen LogP contribution in [-0.2, 0) is 16.4 Å². The molecule has 0 spiro atoms. The van der Waals surface area contributed by atoms with E-state index in [0.29, 0.717) is 32.2 Å². The van der Waals surface area contributed by atoms with Crippen molar-refractivity contribution in [3.8, 4) is 0 Å². The van der Waals surface area contributed by atoms with E-state index >= 15 is 0 Å². The summed E-state index contributed by atoms with van der Waals surface area (Å²) in [6.45, 7) is 4.40. The van der Waals surface area contributed by atoms with E-state index in [1.807, 2.05) is 18.2 Å². The zero-order valence-corrected chi connectivity index (χ0v) is 16.7. The lowest BCUT2D eigenvalue weighted by Gasteiger charge is -2.37. The quantitative estimate of drug-likeness (QED) is 0.524. The van der Waals surface area contributed by atoms with Crippen LogP contribution in [0.2, 0.25) is 0 Å². The predicted molar refractivity (Wildman–Crippen MR) is 108 cm³/mol. The van der Waals surface area contributed by atoms with Crippen molar-refractivity contribution in [1.29, 1.82) is 0 Å². The number of hydrogen-bond donors (Lipinski definition) is 0. The first-order valence-electron chi connectivity index (χ1n) is 9.40. The van der Waals surface area contributed by atoms with Crippen LogP contribution in [0, 0.1) is 10.1 Å². The number of sulfonamides is 1. The van der Waals surface area contributed by atoms with Gasteiger partial charge in [-0.2, -0.15) is 4.31 Å². The van der Waals surface area contributed by atoms with E-state index in [0.717, 1.165) is 12.8 Å². The molecule has 2 aromatic rings.